The third-order valence-electron chi connectivity index (χ3n) is 2.64. The third kappa shape index (κ3) is 1.23. The van der Waals surface area contributed by atoms with Crippen LogP contribution in [-0.4, -0.2) is 11.3 Å². The summed E-state index contributed by atoms with van der Waals surface area (Å²) in [6.07, 6.45) is 3.37. The van der Waals surface area contributed by atoms with Gasteiger partial charge in [-0.3, -0.25) is 0 Å². The lowest BCUT2D eigenvalue weighted by atomic mass is 10.0. The summed E-state index contributed by atoms with van der Waals surface area (Å²) in [5.41, 5.74) is 4.70. The second-order valence-corrected chi connectivity index (χ2v) is 3.63. The van der Waals surface area contributed by atoms with Crippen molar-refractivity contribution in [3.05, 3.63) is 35.0 Å². The van der Waals surface area contributed by atoms with Gasteiger partial charge >= 0.3 is 0 Å². The molecule has 14 heavy (non-hydrogen) atoms. The normalized spacial score (nSPS) is 10.7. The van der Waals surface area contributed by atoms with Crippen LogP contribution in [0.2, 0.25) is 0 Å². The molecule has 0 radical (unpaired) electrons. The van der Waals surface area contributed by atoms with Gasteiger partial charge in [-0.25, -0.2) is 0 Å². The van der Waals surface area contributed by atoms with E-state index >= 15 is 0 Å². The first kappa shape index (κ1) is 9.00. The van der Waals surface area contributed by atoms with Gasteiger partial charge in [0, 0.05) is 23.5 Å². The quantitative estimate of drug-likeness (QED) is 0.720. The summed E-state index contributed by atoms with van der Waals surface area (Å²) in [6, 6.07) is 4.19. The maximum atomic E-state index is 10.5. The molecule has 0 fully saturated rings. The first-order valence-electron chi connectivity index (χ1n) is 4.74. The Morgan fingerprint density at radius 1 is 1.29 bits per heavy atom. The Labute approximate surface area is 82.9 Å². The van der Waals surface area contributed by atoms with E-state index in [0.29, 0.717) is 6.42 Å². The van der Waals surface area contributed by atoms with Gasteiger partial charge in [0.15, 0.2) is 0 Å². The Morgan fingerprint density at radius 2 is 2.00 bits per heavy atom. The van der Waals surface area contributed by atoms with Crippen LogP contribution in [0.5, 0.6) is 0 Å². The topological polar surface area (TPSA) is 32.9 Å². The number of hydrogen-bond acceptors (Lipinski definition) is 1. The van der Waals surface area contributed by atoms with Crippen LogP contribution < -0.4 is 0 Å². The molecule has 0 aliphatic carbocycles. The molecule has 0 saturated heterocycles. The van der Waals surface area contributed by atoms with Gasteiger partial charge in [0.2, 0.25) is 0 Å². The summed E-state index contributed by atoms with van der Waals surface area (Å²) < 4.78 is 0. The monoisotopic (exact) mass is 187 g/mol. The molecular formula is C12H13NO. The molecule has 0 saturated carbocycles. The fourth-order valence-corrected chi connectivity index (χ4v) is 1.89. The van der Waals surface area contributed by atoms with Crippen LogP contribution in [0, 0.1) is 13.8 Å². The number of carbonyl (C=O) groups is 1. The molecule has 1 aromatic heterocycles. The predicted octanol–water partition coefficient (Wildman–Crippen LogP) is 2.53. The zero-order valence-electron chi connectivity index (χ0n) is 8.42. The third-order valence-corrected chi connectivity index (χ3v) is 2.64. The number of H-pyrrole nitrogens is 1. The van der Waals surface area contributed by atoms with Crippen molar-refractivity contribution in [1.82, 2.24) is 4.98 Å². The summed E-state index contributed by atoms with van der Waals surface area (Å²) in [7, 11) is 0. The predicted molar refractivity (Wildman–Crippen MR) is 57.5 cm³/mol. The molecule has 72 valence electrons. The number of rotatable bonds is 2. The fourth-order valence-electron chi connectivity index (χ4n) is 1.89. The molecule has 0 aliphatic rings. The zero-order valence-corrected chi connectivity index (χ0v) is 8.42. The first-order valence-corrected chi connectivity index (χ1v) is 4.74. The van der Waals surface area contributed by atoms with E-state index in [1.54, 1.807) is 0 Å². The average molecular weight is 187 g/mol. The minimum atomic E-state index is 0.490. The number of aryl methyl sites for hydroxylation is 2. The number of aromatic amines is 1. The highest BCUT2D eigenvalue weighted by atomic mass is 16.1. The lowest BCUT2D eigenvalue weighted by Crippen LogP contribution is -1.86. The molecule has 0 aliphatic heterocycles. The SMILES string of the molecule is Cc1ccc(C)c2c(CC=O)c[nH]c12. The van der Waals surface area contributed by atoms with E-state index < -0.39 is 0 Å². The lowest BCUT2D eigenvalue weighted by molar-refractivity contribution is -0.107. The van der Waals surface area contributed by atoms with Crippen LogP contribution in [0.3, 0.4) is 0 Å². The summed E-state index contributed by atoms with van der Waals surface area (Å²) in [5, 5.41) is 1.21. The molecule has 1 N–H and O–H groups in total. The van der Waals surface area contributed by atoms with Crippen molar-refractivity contribution >= 4 is 17.2 Å². The summed E-state index contributed by atoms with van der Waals surface area (Å²) in [5.74, 6) is 0. The van der Waals surface area contributed by atoms with Crippen LogP contribution >= 0.6 is 0 Å². The standard InChI is InChI=1S/C12H13NO/c1-8-3-4-9(2)12-11(8)10(5-6-14)7-13-12/h3-4,6-7,13H,5H2,1-2H3. The number of nitrogens with one attached hydrogen (secondary N) is 1. The minimum absolute atomic E-state index is 0.490. The number of hydrogen-bond donors (Lipinski definition) is 1. The van der Waals surface area contributed by atoms with E-state index in [9.17, 15) is 4.79 Å². The molecule has 2 rings (SSSR count). The van der Waals surface area contributed by atoms with Crippen LogP contribution in [0.25, 0.3) is 10.9 Å². The van der Waals surface area contributed by atoms with Crippen LogP contribution in [0.4, 0.5) is 0 Å². The number of fused-ring (bicyclic) bond motifs is 1. The molecule has 0 spiro atoms. The molecular weight excluding hydrogens is 174 g/mol. The van der Waals surface area contributed by atoms with Gasteiger partial charge in [0.25, 0.3) is 0 Å². The van der Waals surface area contributed by atoms with Crippen molar-refractivity contribution in [2.75, 3.05) is 0 Å². The van der Waals surface area contributed by atoms with Crippen LogP contribution in [0.1, 0.15) is 16.7 Å². The first-order chi connectivity index (χ1) is 6.74. The van der Waals surface area contributed by atoms with Gasteiger partial charge in [-0.2, -0.15) is 0 Å². The van der Waals surface area contributed by atoms with Gasteiger partial charge in [0.05, 0.1) is 0 Å². The second-order valence-electron chi connectivity index (χ2n) is 3.63. The molecule has 2 heteroatoms. The Kier molecular flexibility index (Phi) is 2.12. The number of aromatic nitrogens is 1. The zero-order chi connectivity index (χ0) is 10.1. The van der Waals surface area contributed by atoms with E-state index in [0.717, 1.165) is 17.4 Å². The highest BCUT2D eigenvalue weighted by molar-refractivity contribution is 5.90. The molecule has 1 aromatic carbocycles. The smallest absolute Gasteiger partial charge is 0.124 e. The molecule has 0 atom stereocenters. The van der Waals surface area contributed by atoms with Gasteiger partial charge < -0.3 is 9.78 Å². The van der Waals surface area contributed by atoms with E-state index in [1.165, 1.54) is 16.5 Å². The van der Waals surface area contributed by atoms with Crippen LogP contribution in [0.15, 0.2) is 18.3 Å². The lowest BCUT2D eigenvalue weighted by Gasteiger charge is -2.01. The maximum absolute atomic E-state index is 10.5. The van der Waals surface area contributed by atoms with E-state index in [-0.39, 0.29) is 0 Å². The van der Waals surface area contributed by atoms with Gasteiger partial charge in [0.1, 0.15) is 6.29 Å². The molecule has 0 bridgehead atoms. The summed E-state index contributed by atoms with van der Waals surface area (Å²) in [6.45, 7) is 4.15. The van der Waals surface area contributed by atoms with Crippen molar-refractivity contribution in [2.45, 2.75) is 20.3 Å². The van der Waals surface area contributed by atoms with E-state index in [2.05, 4.69) is 31.0 Å². The highest BCUT2D eigenvalue weighted by Gasteiger charge is 2.07. The molecule has 0 amide bonds. The van der Waals surface area contributed by atoms with Crippen molar-refractivity contribution in [1.29, 1.82) is 0 Å². The number of carbonyl (C=O) groups excluding carboxylic acids is 1. The molecule has 2 nitrogen and oxygen atoms in total. The van der Waals surface area contributed by atoms with E-state index in [1.807, 2.05) is 6.20 Å². The number of benzene rings is 1. The van der Waals surface area contributed by atoms with Gasteiger partial charge in [-0.15, -0.1) is 0 Å². The Hall–Kier alpha value is -1.57. The van der Waals surface area contributed by atoms with Crippen molar-refractivity contribution in [3.8, 4) is 0 Å². The molecule has 1 heterocycles. The highest BCUT2D eigenvalue weighted by Crippen LogP contribution is 2.24. The van der Waals surface area contributed by atoms with Crippen molar-refractivity contribution in [2.24, 2.45) is 0 Å². The van der Waals surface area contributed by atoms with E-state index in [4.69, 9.17) is 0 Å². The Balaban J connectivity index is 2.76. The summed E-state index contributed by atoms with van der Waals surface area (Å²) >= 11 is 0. The largest absolute Gasteiger partial charge is 0.361 e. The maximum Gasteiger partial charge on any atom is 0.124 e. The minimum Gasteiger partial charge on any atom is -0.361 e. The number of aldehydes is 1. The van der Waals surface area contributed by atoms with Gasteiger partial charge in [-0.05, 0) is 30.5 Å². The van der Waals surface area contributed by atoms with Crippen LogP contribution in [-0.2, 0) is 11.2 Å². The van der Waals surface area contributed by atoms with Crippen molar-refractivity contribution in [3.63, 3.8) is 0 Å². The fraction of sp³-hybridized carbons (Fsp3) is 0.250. The Bertz CT molecular complexity index is 482. The second kappa shape index (κ2) is 3.29. The summed E-state index contributed by atoms with van der Waals surface area (Å²) in [4.78, 5) is 13.7. The molecule has 0 unspecified atom stereocenters. The molecule has 2 aromatic rings. The van der Waals surface area contributed by atoms with Gasteiger partial charge in [-0.1, -0.05) is 12.1 Å². The van der Waals surface area contributed by atoms with Crippen molar-refractivity contribution < 1.29 is 4.79 Å². The average Bonchev–Trinajstić information content (AvgIpc) is 2.58. The Morgan fingerprint density at radius 3 is 2.71 bits per heavy atom.